The van der Waals surface area contributed by atoms with Crippen LogP contribution in [0.25, 0.3) is 0 Å². The molecule has 2 heterocycles. The summed E-state index contributed by atoms with van der Waals surface area (Å²) in [4.78, 5) is 4.82. The molecule has 1 aliphatic heterocycles. The standard InChI is InChI=1S/C13H20N2OS/c1-9(2)11-7-17-12(14-11)13(5-6-16-8-13)15-10-3-4-10/h7,9-10,15H,3-6,8H2,1-2H3. The summed E-state index contributed by atoms with van der Waals surface area (Å²) in [6.07, 6.45) is 3.68. The number of nitrogens with one attached hydrogen (secondary N) is 1. The molecule has 1 atom stereocenters. The molecule has 1 N–H and O–H groups in total. The molecule has 1 saturated carbocycles. The molecular weight excluding hydrogens is 232 g/mol. The molecule has 2 fully saturated rings. The lowest BCUT2D eigenvalue weighted by Gasteiger charge is -2.26. The second-order valence-corrected chi connectivity index (χ2v) is 6.39. The van der Waals surface area contributed by atoms with Gasteiger partial charge in [-0.1, -0.05) is 13.8 Å². The quantitative estimate of drug-likeness (QED) is 0.894. The lowest BCUT2D eigenvalue weighted by Crippen LogP contribution is -2.44. The molecule has 94 valence electrons. The first kappa shape index (κ1) is 11.6. The van der Waals surface area contributed by atoms with Crippen molar-refractivity contribution in [3.05, 3.63) is 16.1 Å². The molecule has 0 aromatic carbocycles. The maximum absolute atomic E-state index is 5.62. The molecule has 0 amide bonds. The molecule has 3 rings (SSSR count). The fraction of sp³-hybridized carbons (Fsp3) is 0.769. The monoisotopic (exact) mass is 252 g/mol. The van der Waals surface area contributed by atoms with Gasteiger partial charge in [0.15, 0.2) is 0 Å². The number of nitrogens with zero attached hydrogens (tertiary/aromatic N) is 1. The van der Waals surface area contributed by atoms with Gasteiger partial charge in [-0.05, 0) is 25.2 Å². The molecule has 1 aromatic rings. The van der Waals surface area contributed by atoms with Gasteiger partial charge in [0, 0.05) is 18.0 Å². The second kappa shape index (κ2) is 4.34. The molecule has 0 radical (unpaired) electrons. The summed E-state index contributed by atoms with van der Waals surface area (Å²) in [5.41, 5.74) is 1.23. The van der Waals surface area contributed by atoms with Gasteiger partial charge in [0.25, 0.3) is 0 Å². The normalized spacial score (nSPS) is 29.1. The first-order valence-corrected chi connectivity index (χ1v) is 7.39. The van der Waals surface area contributed by atoms with Crippen molar-refractivity contribution < 1.29 is 4.74 Å². The van der Waals surface area contributed by atoms with E-state index in [9.17, 15) is 0 Å². The smallest absolute Gasteiger partial charge is 0.115 e. The van der Waals surface area contributed by atoms with Crippen LogP contribution in [0.1, 0.15) is 49.7 Å². The van der Waals surface area contributed by atoms with Gasteiger partial charge in [0.05, 0.1) is 17.8 Å². The number of rotatable bonds is 4. The van der Waals surface area contributed by atoms with Gasteiger partial charge in [-0.2, -0.15) is 0 Å². The van der Waals surface area contributed by atoms with E-state index >= 15 is 0 Å². The Bertz CT molecular complexity index is 392. The van der Waals surface area contributed by atoms with E-state index in [2.05, 4.69) is 24.5 Å². The Balaban J connectivity index is 1.85. The van der Waals surface area contributed by atoms with Crippen molar-refractivity contribution in [1.29, 1.82) is 0 Å². The maximum atomic E-state index is 5.62. The summed E-state index contributed by atoms with van der Waals surface area (Å²) in [6, 6.07) is 0.697. The van der Waals surface area contributed by atoms with E-state index in [4.69, 9.17) is 9.72 Å². The van der Waals surface area contributed by atoms with Gasteiger partial charge in [0.1, 0.15) is 5.01 Å². The molecule has 0 spiro atoms. The number of ether oxygens (including phenoxy) is 1. The lowest BCUT2D eigenvalue weighted by molar-refractivity contribution is 0.165. The van der Waals surface area contributed by atoms with Crippen LogP contribution in [0.5, 0.6) is 0 Å². The van der Waals surface area contributed by atoms with Crippen molar-refractivity contribution in [3.63, 3.8) is 0 Å². The van der Waals surface area contributed by atoms with Crippen molar-refractivity contribution in [2.45, 2.75) is 50.6 Å². The Kier molecular flexibility index (Phi) is 2.97. The van der Waals surface area contributed by atoms with Crippen molar-refractivity contribution in [2.24, 2.45) is 0 Å². The van der Waals surface area contributed by atoms with E-state index in [1.54, 1.807) is 11.3 Å². The summed E-state index contributed by atoms with van der Waals surface area (Å²) >= 11 is 1.79. The zero-order valence-corrected chi connectivity index (χ0v) is 11.3. The van der Waals surface area contributed by atoms with Crippen molar-refractivity contribution in [2.75, 3.05) is 13.2 Å². The summed E-state index contributed by atoms with van der Waals surface area (Å²) in [5.74, 6) is 0.514. The Morgan fingerprint density at radius 2 is 2.35 bits per heavy atom. The SMILES string of the molecule is CC(C)c1csc(C2(NC3CC3)CCOC2)n1. The van der Waals surface area contributed by atoms with E-state index in [1.165, 1.54) is 23.5 Å². The number of hydrogen-bond donors (Lipinski definition) is 1. The van der Waals surface area contributed by atoms with E-state index < -0.39 is 0 Å². The largest absolute Gasteiger partial charge is 0.379 e. The second-order valence-electron chi connectivity index (χ2n) is 5.54. The molecule has 1 saturated heterocycles. The summed E-state index contributed by atoms with van der Waals surface area (Å²) < 4.78 is 5.62. The zero-order valence-electron chi connectivity index (χ0n) is 10.5. The predicted molar refractivity (Wildman–Crippen MR) is 69.5 cm³/mol. The molecule has 1 aromatic heterocycles. The van der Waals surface area contributed by atoms with Gasteiger partial charge in [0.2, 0.25) is 0 Å². The van der Waals surface area contributed by atoms with Crippen LogP contribution < -0.4 is 5.32 Å². The molecule has 0 bridgehead atoms. The molecule has 2 aliphatic rings. The molecule has 1 unspecified atom stereocenters. The number of thiazole rings is 1. The van der Waals surface area contributed by atoms with Crippen LogP contribution in [0.2, 0.25) is 0 Å². The highest BCUT2D eigenvalue weighted by atomic mass is 32.1. The molecular formula is C13H20N2OS. The van der Waals surface area contributed by atoms with Crippen LogP contribution in [0.15, 0.2) is 5.38 Å². The minimum atomic E-state index is 0.0129. The average Bonchev–Trinajstić information content (AvgIpc) is 2.84. The van der Waals surface area contributed by atoms with Crippen molar-refractivity contribution in [1.82, 2.24) is 10.3 Å². The van der Waals surface area contributed by atoms with Gasteiger partial charge < -0.3 is 10.1 Å². The topological polar surface area (TPSA) is 34.1 Å². The molecule has 4 heteroatoms. The first-order valence-electron chi connectivity index (χ1n) is 6.51. The van der Waals surface area contributed by atoms with Crippen LogP contribution in [-0.4, -0.2) is 24.2 Å². The van der Waals surface area contributed by atoms with Gasteiger partial charge in [-0.3, -0.25) is 0 Å². The maximum Gasteiger partial charge on any atom is 0.115 e. The molecule has 3 nitrogen and oxygen atoms in total. The summed E-state index contributed by atoms with van der Waals surface area (Å²) in [6.45, 7) is 6.04. The Morgan fingerprint density at radius 1 is 1.53 bits per heavy atom. The van der Waals surface area contributed by atoms with Gasteiger partial charge >= 0.3 is 0 Å². The highest BCUT2D eigenvalue weighted by Gasteiger charge is 2.43. The zero-order chi connectivity index (χ0) is 11.9. The molecule has 17 heavy (non-hydrogen) atoms. The lowest BCUT2D eigenvalue weighted by atomic mass is 9.99. The first-order chi connectivity index (χ1) is 8.20. The van der Waals surface area contributed by atoms with E-state index in [-0.39, 0.29) is 5.54 Å². The summed E-state index contributed by atoms with van der Waals surface area (Å²) in [7, 11) is 0. The fourth-order valence-electron chi connectivity index (χ4n) is 2.30. The van der Waals surface area contributed by atoms with E-state index in [1.807, 2.05) is 0 Å². The van der Waals surface area contributed by atoms with Crippen LogP contribution in [0.3, 0.4) is 0 Å². The highest BCUT2D eigenvalue weighted by Crippen LogP contribution is 2.37. The Hall–Kier alpha value is -0.450. The third-order valence-electron chi connectivity index (χ3n) is 3.60. The van der Waals surface area contributed by atoms with Gasteiger partial charge in [-0.25, -0.2) is 4.98 Å². The predicted octanol–water partition coefficient (Wildman–Crippen LogP) is 2.63. The van der Waals surface area contributed by atoms with E-state index in [0.717, 1.165) is 19.6 Å². The van der Waals surface area contributed by atoms with Crippen LogP contribution in [0.4, 0.5) is 0 Å². The Labute approximate surface area is 107 Å². The molecule has 1 aliphatic carbocycles. The third-order valence-corrected chi connectivity index (χ3v) is 4.67. The van der Waals surface area contributed by atoms with E-state index in [0.29, 0.717) is 12.0 Å². The average molecular weight is 252 g/mol. The van der Waals surface area contributed by atoms with Crippen LogP contribution in [0, 0.1) is 0 Å². The van der Waals surface area contributed by atoms with Crippen molar-refractivity contribution >= 4 is 11.3 Å². The fourth-order valence-corrected chi connectivity index (χ4v) is 3.46. The Morgan fingerprint density at radius 3 is 2.88 bits per heavy atom. The van der Waals surface area contributed by atoms with Crippen LogP contribution in [-0.2, 0) is 10.3 Å². The summed E-state index contributed by atoms with van der Waals surface area (Å²) in [5, 5.41) is 7.19. The minimum Gasteiger partial charge on any atom is -0.379 e. The van der Waals surface area contributed by atoms with Crippen molar-refractivity contribution in [3.8, 4) is 0 Å². The third kappa shape index (κ3) is 2.26. The van der Waals surface area contributed by atoms with Gasteiger partial charge in [-0.15, -0.1) is 11.3 Å². The number of aromatic nitrogens is 1. The minimum absolute atomic E-state index is 0.0129. The van der Waals surface area contributed by atoms with Crippen LogP contribution >= 0.6 is 11.3 Å². The number of hydrogen-bond acceptors (Lipinski definition) is 4. The highest BCUT2D eigenvalue weighted by molar-refractivity contribution is 7.09.